The molecule has 1 unspecified atom stereocenters. The number of ether oxygens (including phenoxy) is 7. The second-order valence-corrected chi connectivity index (χ2v) is 14.4. The van der Waals surface area contributed by atoms with Crippen LogP contribution in [0.25, 0.3) is 10.9 Å². The zero-order chi connectivity index (χ0) is 36.7. The smallest absolute Gasteiger partial charge is 0.264 e. The van der Waals surface area contributed by atoms with E-state index in [-0.39, 0.29) is 23.7 Å². The van der Waals surface area contributed by atoms with Crippen molar-refractivity contribution in [1.82, 2.24) is 9.88 Å². The van der Waals surface area contributed by atoms with Crippen molar-refractivity contribution in [3.63, 3.8) is 0 Å². The van der Waals surface area contributed by atoms with Gasteiger partial charge in [-0.3, -0.25) is 14.6 Å². The minimum atomic E-state index is -3.97. The number of para-hydroxylation sites is 1. The Hall–Kier alpha value is -3.54. The van der Waals surface area contributed by atoms with Gasteiger partial charge in [0, 0.05) is 48.9 Å². The average molecular weight is 752 g/mol. The fourth-order valence-electron chi connectivity index (χ4n) is 6.24. The largest absolute Gasteiger partial charge is 0.392 e. The van der Waals surface area contributed by atoms with Gasteiger partial charge in [-0.2, -0.15) is 0 Å². The molecular formula is C39H49N3O10S. The molecule has 1 aromatic heterocycles. The molecule has 2 aliphatic heterocycles. The molecule has 0 radical (unpaired) electrons. The Balaban J connectivity index is 1.18. The molecule has 3 aromatic carbocycles. The van der Waals surface area contributed by atoms with Crippen LogP contribution in [-0.4, -0.2) is 115 Å². The normalized spacial score (nSPS) is 22.5. The Labute approximate surface area is 311 Å². The molecule has 2 fully saturated rings. The van der Waals surface area contributed by atoms with Crippen LogP contribution >= 0.6 is 0 Å². The lowest BCUT2D eigenvalue weighted by molar-refractivity contribution is -0.253. The maximum atomic E-state index is 13.6. The number of pyridine rings is 1. The molecule has 3 heterocycles. The van der Waals surface area contributed by atoms with Gasteiger partial charge in [0.25, 0.3) is 10.0 Å². The highest BCUT2D eigenvalue weighted by Crippen LogP contribution is 2.39. The van der Waals surface area contributed by atoms with Crippen molar-refractivity contribution in [1.29, 1.82) is 0 Å². The fourth-order valence-corrected chi connectivity index (χ4v) is 7.47. The highest BCUT2D eigenvalue weighted by molar-refractivity contribution is 7.93. The number of fused-ring (bicyclic) bond motifs is 1. The van der Waals surface area contributed by atoms with Gasteiger partial charge in [-0.1, -0.05) is 54.6 Å². The summed E-state index contributed by atoms with van der Waals surface area (Å²) in [5, 5.41) is 10.4. The van der Waals surface area contributed by atoms with E-state index < -0.39 is 16.3 Å². The van der Waals surface area contributed by atoms with Crippen LogP contribution in [0.5, 0.6) is 0 Å². The molecule has 6 rings (SSSR count). The summed E-state index contributed by atoms with van der Waals surface area (Å²) < 4.78 is 71.7. The molecular weight excluding hydrogens is 703 g/mol. The molecule has 2 N–H and O–H groups in total. The Bertz CT molecular complexity index is 1790. The molecule has 2 aliphatic rings. The van der Waals surface area contributed by atoms with Crippen molar-refractivity contribution in [2.45, 2.75) is 36.4 Å². The van der Waals surface area contributed by atoms with E-state index in [1.807, 2.05) is 42.5 Å². The van der Waals surface area contributed by atoms with Crippen LogP contribution in [0.3, 0.4) is 0 Å². The van der Waals surface area contributed by atoms with Crippen LogP contribution in [-0.2, 0) is 49.8 Å². The number of sulfonamides is 1. The Morgan fingerprint density at radius 1 is 0.717 bits per heavy atom. The van der Waals surface area contributed by atoms with Crippen LogP contribution in [0, 0.1) is 0 Å². The summed E-state index contributed by atoms with van der Waals surface area (Å²) in [5.41, 5.74) is 3.20. The Morgan fingerprint density at radius 3 is 2.00 bits per heavy atom. The molecule has 0 aliphatic carbocycles. The van der Waals surface area contributed by atoms with Crippen molar-refractivity contribution in [3.8, 4) is 0 Å². The van der Waals surface area contributed by atoms with Gasteiger partial charge < -0.3 is 38.3 Å². The lowest BCUT2D eigenvalue weighted by atomic mass is 9.99. The SMILES string of the molecule is O=S(=O)(Nc1cccc(C2O[C@H](CN3CCOCCOCCOCCOCCOCC3)C[C@H](c3ccc(CO)cc3)O2)c1)c1cccc2cccnc12. The molecule has 4 aromatic rings. The predicted molar refractivity (Wildman–Crippen MR) is 198 cm³/mol. The van der Waals surface area contributed by atoms with E-state index in [1.165, 1.54) is 0 Å². The van der Waals surface area contributed by atoms with Crippen molar-refractivity contribution < 1.29 is 46.7 Å². The highest BCUT2D eigenvalue weighted by Gasteiger charge is 2.33. The molecule has 14 heteroatoms. The number of rotatable bonds is 8. The Kier molecular flexibility index (Phi) is 14.9. The average Bonchev–Trinajstić information content (AvgIpc) is 3.18. The summed E-state index contributed by atoms with van der Waals surface area (Å²) in [6, 6.07) is 23.5. The summed E-state index contributed by atoms with van der Waals surface area (Å²) in [4.78, 5) is 6.68. The van der Waals surface area contributed by atoms with E-state index in [1.54, 1.807) is 42.6 Å². The first kappa shape index (κ1) is 39.2. The molecule has 3 atom stereocenters. The number of hydrogen-bond acceptors (Lipinski definition) is 12. The molecule has 0 spiro atoms. The number of benzene rings is 3. The van der Waals surface area contributed by atoms with Crippen LogP contribution < -0.4 is 4.72 Å². The van der Waals surface area contributed by atoms with Gasteiger partial charge in [0.1, 0.15) is 4.90 Å². The van der Waals surface area contributed by atoms with E-state index in [0.717, 1.165) is 16.5 Å². The second kappa shape index (κ2) is 20.2. The van der Waals surface area contributed by atoms with Crippen LogP contribution in [0.2, 0.25) is 0 Å². The maximum absolute atomic E-state index is 13.6. The third-order valence-electron chi connectivity index (χ3n) is 8.96. The van der Waals surface area contributed by atoms with Gasteiger partial charge in [0.2, 0.25) is 0 Å². The number of aromatic nitrogens is 1. The molecule has 0 saturated carbocycles. The Morgan fingerprint density at radius 2 is 1.34 bits per heavy atom. The van der Waals surface area contributed by atoms with E-state index in [9.17, 15) is 13.5 Å². The van der Waals surface area contributed by atoms with Gasteiger partial charge in [0.15, 0.2) is 6.29 Å². The summed E-state index contributed by atoms with van der Waals surface area (Å²) >= 11 is 0. The first-order valence-corrected chi connectivity index (χ1v) is 19.5. The molecule has 0 bridgehead atoms. The second-order valence-electron chi connectivity index (χ2n) is 12.8. The highest BCUT2D eigenvalue weighted by atomic mass is 32.2. The summed E-state index contributed by atoms with van der Waals surface area (Å²) in [5.74, 6) is 0. The molecule has 13 nitrogen and oxygen atoms in total. The number of hydrogen-bond donors (Lipinski definition) is 2. The first-order valence-electron chi connectivity index (χ1n) is 18.1. The lowest BCUT2D eigenvalue weighted by Crippen LogP contribution is -2.42. The van der Waals surface area contributed by atoms with Crippen LogP contribution in [0.4, 0.5) is 5.69 Å². The van der Waals surface area contributed by atoms with E-state index >= 15 is 0 Å². The topological polar surface area (TPSA) is 147 Å². The van der Waals surface area contributed by atoms with Crippen molar-refractivity contribution in [2.75, 3.05) is 90.4 Å². The summed E-state index contributed by atoms with van der Waals surface area (Å²) in [6.45, 7) is 6.81. The third-order valence-corrected chi connectivity index (χ3v) is 10.4. The van der Waals surface area contributed by atoms with E-state index in [4.69, 9.17) is 33.2 Å². The number of nitrogens with zero attached hydrogens (tertiary/aromatic N) is 2. The maximum Gasteiger partial charge on any atom is 0.264 e. The van der Waals surface area contributed by atoms with Crippen LogP contribution in [0.15, 0.2) is 90.0 Å². The number of aliphatic hydroxyl groups excluding tert-OH is 1. The van der Waals surface area contributed by atoms with Crippen LogP contribution in [0.1, 0.15) is 35.5 Å². The fraction of sp³-hybridized carbons (Fsp3) is 0.462. The van der Waals surface area contributed by atoms with Gasteiger partial charge in [-0.05, 0) is 35.4 Å². The number of anilines is 1. The van der Waals surface area contributed by atoms with Gasteiger partial charge in [0.05, 0.1) is 90.4 Å². The molecule has 0 amide bonds. The monoisotopic (exact) mass is 751 g/mol. The minimum absolute atomic E-state index is 0.0521. The van der Waals surface area contributed by atoms with Gasteiger partial charge in [-0.15, -0.1) is 0 Å². The summed E-state index contributed by atoms with van der Waals surface area (Å²) in [7, 11) is -3.97. The number of aliphatic hydroxyl groups is 1. The molecule has 286 valence electrons. The standard InChI is InChI=1S/C39H49N3O10S/c43-29-30-9-11-31(12-10-30)36-27-35(28-42-14-16-46-18-20-48-22-24-50-25-23-49-21-19-47-17-15-42)51-39(52-36)33-5-1-7-34(26-33)41-53(44,45)37-8-2-4-32-6-3-13-40-38(32)37/h1-13,26,35-36,39,41,43H,14-25,27-29H2/t35-,36+,39?/m0/s1. The van der Waals surface area contributed by atoms with Crippen molar-refractivity contribution in [3.05, 3.63) is 102 Å². The zero-order valence-electron chi connectivity index (χ0n) is 29.8. The third kappa shape index (κ3) is 11.7. The first-order chi connectivity index (χ1) is 26.0. The molecule has 53 heavy (non-hydrogen) atoms. The predicted octanol–water partition coefficient (Wildman–Crippen LogP) is 4.47. The quantitative estimate of drug-likeness (QED) is 0.262. The van der Waals surface area contributed by atoms with Crippen molar-refractivity contribution in [2.24, 2.45) is 0 Å². The minimum Gasteiger partial charge on any atom is -0.392 e. The summed E-state index contributed by atoms with van der Waals surface area (Å²) in [6.07, 6.45) is 0.807. The molecule has 2 saturated heterocycles. The number of nitrogens with one attached hydrogen (secondary N) is 1. The van der Waals surface area contributed by atoms with Crippen molar-refractivity contribution >= 4 is 26.6 Å². The van der Waals surface area contributed by atoms with Gasteiger partial charge in [-0.25, -0.2) is 8.42 Å². The van der Waals surface area contributed by atoms with E-state index in [2.05, 4.69) is 14.6 Å². The van der Waals surface area contributed by atoms with E-state index in [0.29, 0.717) is 109 Å². The van der Waals surface area contributed by atoms with Gasteiger partial charge >= 0.3 is 0 Å². The lowest BCUT2D eigenvalue weighted by Gasteiger charge is -2.38. The zero-order valence-corrected chi connectivity index (χ0v) is 30.7.